The second-order valence-electron chi connectivity index (χ2n) is 3.18. The summed E-state index contributed by atoms with van der Waals surface area (Å²) >= 11 is 0. The topological polar surface area (TPSA) is 20.3 Å². The molecule has 0 saturated carbocycles. The van der Waals surface area contributed by atoms with Gasteiger partial charge in [0.25, 0.3) is 0 Å². The first kappa shape index (κ1) is 9.78. The minimum atomic E-state index is 0.121. The number of carbonyl (C=O) groups excluding carboxylic acids is 1. The lowest BCUT2D eigenvalue weighted by Crippen LogP contribution is -2.26. The van der Waals surface area contributed by atoms with Crippen LogP contribution in [0.4, 0.5) is 0 Å². The molecule has 0 atom stereocenters. The number of likely N-dealkylation sites (N-methyl/N-ethyl adjacent to an activating group) is 1. The fourth-order valence-electron chi connectivity index (χ4n) is 1.10. The zero-order valence-corrected chi connectivity index (χ0v) is 8.16. The van der Waals surface area contributed by atoms with Crippen molar-refractivity contribution in [2.24, 2.45) is 0 Å². The predicted molar refractivity (Wildman–Crippen MR) is 53.5 cm³/mol. The van der Waals surface area contributed by atoms with E-state index in [2.05, 4.69) is 12.1 Å². The molecule has 0 saturated heterocycles. The molecule has 1 amide bonds. The highest BCUT2D eigenvalue weighted by molar-refractivity contribution is 5.72. The normalized spacial score (nSPS) is 9.69. The molecule has 0 spiro atoms. The molecule has 2 nitrogen and oxygen atoms in total. The van der Waals surface area contributed by atoms with E-state index in [1.165, 1.54) is 5.56 Å². The summed E-state index contributed by atoms with van der Waals surface area (Å²) in [6.07, 6.45) is 0.928. The first-order valence-electron chi connectivity index (χ1n) is 4.46. The van der Waals surface area contributed by atoms with Crippen LogP contribution < -0.4 is 0 Å². The number of rotatable bonds is 3. The third-order valence-corrected chi connectivity index (χ3v) is 2.12. The smallest absolute Gasteiger partial charge is 0.219 e. The fraction of sp³-hybridized carbons (Fsp3) is 0.364. The van der Waals surface area contributed by atoms with Crippen LogP contribution in [0.3, 0.4) is 0 Å². The Kier molecular flexibility index (Phi) is 3.50. The van der Waals surface area contributed by atoms with Crippen molar-refractivity contribution in [2.75, 3.05) is 13.6 Å². The standard InChI is InChI=1S/C11H15NO/c1-10(13)12(2)9-8-11-6-4-3-5-7-11/h3-7H,8-9H2,1-2H3. The highest BCUT2D eigenvalue weighted by atomic mass is 16.2. The van der Waals surface area contributed by atoms with E-state index < -0.39 is 0 Å². The maximum Gasteiger partial charge on any atom is 0.219 e. The van der Waals surface area contributed by atoms with Crippen molar-refractivity contribution in [3.8, 4) is 0 Å². The van der Waals surface area contributed by atoms with Crippen LogP contribution in [0, 0.1) is 0 Å². The van der Waals surface area contributed by atoms with Crippen molar-refractivity contribution in [3.05, 3.63) is 35.9 Å². The summed E-state index contributed by atoms with van der Waals surface area (Å²) in [7, 11) is 1.82. The molecule has 0 bridgehead atoms. The quantitative estimate of drug-likeness (QED) is 0.688. The Bertz CT molecular complexity index is 269. The summed E-state index contributed by atoms with van der Waals surface area (Å²) in [6, 6.07) is 10.2. The maximum absolute atomic E-state index is 10.9. The van der Waals surface area contributed by atoms with Crippen molar-refractivity contribution in [2.45, 2.75) is 13.3 Å². The van der Waals surface area contributed by atoms with Gasteiger partial charge in [-0.1, -0.05) is 30.3 Å². The van der Waals surface area contributed by atoms with Crippen LogP contribution in [0.2, 0.25) is 0 Å². The molecule has 1 aromatic carbocycles. The minimum absolute atomic E-state index is 0.121. The van der Waals surface area contributed by atoms with Gasteiger partial charge >= 0.3 is 0 Å². The molecule has 0 aliphatic heterocycles. The fourth-order valence-corrected chi connectivity index (χ4v) is 1.10. The van der Waals surface area contributed by atoms with Crippen molar-refractivity contribution in [3.63, 3.8) is 0 Å². The van der Waals surface area contributed by atoms with Gasteiger partial charge in [-0.05, 0) is 12.0 Å². The van der Waals surface area contributed by atoms with Crippen molar-refractivity contribution in [1.29, 1.82) is 0 Å². The Labute approximate surface area is 79.2 Å². The second-order valence-corrected chi connectivity index (χ2v) is 3.18. The van der Waals surface area contributed by atoms with Crippen LogP contribution in [0.1, 0.15) is 12.5 Å². The van der Waals surface area contributed by atoms with E-state index in [-0.39, 0.29) is 5.91 Å². The number of benzene rings is 1. The van der Waals surface area contributed by atoms with Crippen LogP contribution in [0.5, 0.6) is 0 Å². The van der Waals surface area contributed by atoms with Gasteiger partial charge in [0.05, 0.1) is 0 Å². The Morgan fingerprint density at radius 3 is 2.46 bits per heavy atom. The molecule has 0 unspecified atom stereocenters. The monoisotopic (exact) mass is 177 g/mol. The Hall–Kier alpha value is -1.31. The average molecular weight is 177 g/mol. The van der Waals surface area contributed by atoms with E-state index in [4.69, 9.17) is 0 Å². The number of hydrogen-bond acceptors (Lipinski definition) is 1. The summed E-state index contributed by atoms with van der Waals surface area (Å²) in [6.45, 7) is 2.38. The van der Waals surface area contributed by atoms with Gasteiger partial charge in [-0.25, -0.2) is 0 Å². The zero-order chi connectivity index (χ0) is 9.68. The molecule has 0 heterocycles. The van der Waals surface area contributed by atoms with E-state index in [0.29, 0.717) is 0 Å². The molecule has 0 fully saturated rings. The van der Waals surface area contributed by atoms with Gasteiger partial charge in [-0.3, -0.25) is 4.79 Å². The zero-order valence-electron chi connectivity index (χ0n) is 8.16. The average Bonchev–Trinajstić information content (AvgIpc) is 2.15. The molecule has 0 aliphatic carbocycles. The Morgan fingerprint density at radius 2 is 1.92 bits per heavy atom. The third kappa shape index (κ3) is 3.28. The molecule has 0 aliphatic rings. The molecular weight excluding hydrogens is 162 g/mol. The van der Waals surface area contributed by atoms with Gasteiger partial charge in [-0.15, -0.1) is 0 Å². The summed E-state index contributed by atoms with van der Waals surface area (Å²) < 4.78 is 0. The lowest BCUT2D eigenvalue weighted by atomic mass is 10.1. The van der Waals surface area contributed by atoms with E-state index in [1.807, 2.05) is 25.2 Å². The number of amides is 1. The number of nitrogens with zero attached hydrogens (tertiary/aromatic N) is 1. The van der Waals surface area contributed by atoms with Crippen LogP contribution in [0.25, 0.3) is 0 Å². The highest BCUT2D eigenvalue weighted by Crippen LogP contribution is 2.00. The molecule has 0 radical (unpaired) electrons. The molecule has 70 valence electrons. The SMILES string of the molecule is CC(=O)N(C)CCc1ccccc1. The van der Waals surface area contributed by atoms with Gasteiger partial charge in [0.15, 0.2) is 0 Å². The van der Waals surface area contributed by atoms with E-state index in [1.54, 1.807) is 11.8 Å². The van der Waals surface area contributed by atoms with Crippen LogP contribution in [0.15, 0.2) is 30.3 Å². The predicted octanol–water partition coefficient (Wildman–Crippen LogP) is 1.71. The molecule has 1 aromatic rings. The summed E-state index contributed by atoms with van der Waals surface area (Å²) in [5, 5.41) is 0. The molecule has 1 rings (SSSR count). The van der Waals surface area contributed by atoms with Crippen LogP contribution in [-0.4, -0.2) is 24.4 Å². The highest BCUT2D eigenvalue weighted by Gasteiger charge is 2.00. The largest absolute Gasteiger partial charge is 0.346 e. The van der Waals surface area contributed by atoms with E-state index in [0.717, 1.165) is 13.0 Å². The first-order valence-corrected chi connectivity index (χ1v) is 4.46. The summed E-state index contributed by atoms with van der Waals surface area (Å²) in [4.78, 5) is 12.6. The lowest BCUT2D eigenvalue weighted by molar-refractivity contribution is -0.127. The van der Waals surface area contributed by atoms with Gasteiger partial charge in [-0.2, -0.15) is 0 Å². The minimum Gasteiger partial charge on any atom is -0.346 e. The van der Waals surface area contributed by atoms with E-state index >= 15 is 0 Å². The van der Waals surface area contributed by atoms with Gasteiger partial charge in [0, 0.05) is 20.5 Å². The Balaban J connectivity index is 2.39. The van der Waals surface area contributed by atoms with Crippen LogP contribution >= 0.6 is 0 Å². The van der Waals surface area contributed by atoms with Gasteiger partial charge < -0.3 is 4.90 Å². The number of carbonyl (C=O) groups is 1. The molecule has 2 heteroatoms. The van der Waals surface area contributed by atoms with Crippen molar-refractivity contribution < 1.29 is 4.79 Å². The molecule has 13 heavy (non-hydrogen) atoms. The Morgan fingerprint density at radius 1 is 1.31 bits per heavy atom. The molecular formula is C11H15NO. The van der Waals surface area contributed by atoms with E-state index in [9.17, 15) is 4.79 Å². The molecule has 0 aromatic heterocycles. The molecule has 0 N–H and O–H groups in total. The lowest BCUT2D eigenvalue weighted by Gasteiger charge is -2.14. The van der Waals surface area contributed by atoms with Crippen molar-refractivity contribution in [1.82, 2.24) is 4.90 Å². The summed E-state index contributed by atoms with van der Waals surface area (Å²) in [5.74, 6) is 0.121. The summed E-state index contributed by atoms with van der Waals surface area (Å²) in [5.41, 5.74) is 1.27. The third-order valence-electron chi connectivity index (χ3n) is 2.12. The van der Waals surface area contributed by atoms with Gasteiger partial charge in [0.2, 0.25) is 5.91 Å². The number of hydrogen-bond donors (Lipinski definition) is 0. The first-order chi connectivity index (χ1) is 6.20. The second kappa shape index (κ2) is 4.65. The van der Waals surface area contributed by atoms with Gasteiger partial charge in [0.1, 0.15) is 0 Å². The van der Waals surface area contributed by atoms with Crippen molar-refractivity contribution >= 4 is 5.91 Å². The maximum atomic E-state index is 10.9. The van der Waals surface area contributed by atoms with Crippen LogP contribution in [-0.2, 0) is 11.2 Å².